The number of ether oxygens (including phenoxy) is 1. The van der Waals surface area contributed by atoms with Gasteiger partial charge in [0.15, 0.2) is 0 Å². The Balaban J connectivity index is 4.35. The summed E-state index contributed by atoms with van der Waals surface area (Å²) >= 11 is 0. The van der Waals surface area contributed by atoms with Gasteiger partial charge in [-0.3, -0.25) is 0 Å². The van der Waals surface area contributed by atoms with Crippen LogP contribution in [0.1, 0.15) is 27.7 Å². The van der Waals surface area contributed by atoms with Crippen molar-refractivity contribution in [3.05, 3.63) is 11.6 Å². The topological polar surface area (TPSA) is 26.3 Å². The summed E-state index contributed by atoms with van der Waals surface area (Å²) < 4.78 is 4.50. The van der Waals surface area contributed by atoms with Crippen molar-refractivity contribution in [2.45, 2.75) is 27.7 Å². The van der Waals surface area contributed by atoms with Crippen LogP contribution in [0.4, 0.5) is 0 Å². The molecule has 0 aliphatic carbocycles. The van der Waals surface area contributed by atoms with E-state index < -0.39 is 0 Å². The minimum Gasteiger partial charge on any atom is -0.466 e. The Kier molecular flexibility index (Phi) is 3.30. The van der Waals surface area contributed by atoms with Gasteiger partial charge in [0.2, 0.25) is 0 Å². The van der Waals surface area contributed by atoms with E-state index in [9.17, 15) is 4.79 Å². The molecule has 0 heterocycles. The zero-order chi connectivity index (χ0) is 9.07. The van der Waals surface area contributed by atoms with Crippen LogP contribution >= 0.6 is 0 Å². The summed E-state index contributed by atoms with van der Waals surface area (Å²) in [7, 11) is 1.38. The fourth-order valence-electron chi connectivity index (χ4n) is 0.452. The van der Waals surface area contributed by atoms with Crippen LogP contribution in [0, 0.1) is 5.41 Å². The highest BCUT2D eigenvalue weighted by Gasteiger charge is 2.13. The highest BCUT2D eigenvalue weighted by Crippen LogP contribution is 2.23. The Morgan fingerprint density at radius 2 is 1.82 bits per heavy atom. The lowest BCUT2D eigenvalue weighted by Gasteiger charge is -2.18. The van der Waals surface area contributed by atoms with E-state index in [0.29, 0.717) is 0 Å². The highest BCUT2D eigenvalue weighted by atomic mass is 16.5. The van der Waals surface area contributed by atoms with Crippen molar-refractivity contribution >= 4 is 5.97 Å². The second kappa shape index (κ2) is 3.56. The molecule has 0 bridgehead atoms. The lowest BCUT2D eigenvalue weighted by molar-refractivity contribution is -0.134. The molecule has 0 spiro atoms. The number of esters is 1. The Morgan fingerprint density at radius 3 is 2.09 bits per heavy atom. The smallest absolute Gasteiger partial charge is 0.330 e. The first-order valence-corrected chi connectivity index (χ1v) is 3.64. The molecule has 0 fully saturated rings. The maximum atomic E-state index is 10.8. The summed E-state index contributed by atoms with van der Waals surface area (Å²) in [5.74, 6) is -0.280. The summed E-state index contributed by atoms with van der Waals surface area (Å²) in [6.45, 7) is 8.10. The molecule has 11 heavy (non-hydrogen) atoms. The zero-order valence-electron chi connectivity index (χ0n) is 7.89. The maximum Gasteiger partial charge on any atom is 0.330 e. The van der Waals surface area contributed by atoms with Crippen molar-refractivity contribution in [3.63, 3.8) is 0 Å². The SMILES string of the molecule is COC(=O)/C=C(\C)C(C)(C)C. The van der Waals surface area contributed by atoms with E-state index in [-0.39, 0.29) is 11.4 Å². The van der Waals surface area contributed by atoms with Gasteiger partial charge in [-0.15, -0.1) is 0 Å². The monoisotopic (exact) mass is 156 g/mol. The molecule has 0 N–H and O–H groups in total. The van der Waals surface area contributed by atoms with E-state index in [0.717, 1.165) is 5.57 Å². The van der Waals surface area contributed by atoms with Crippen LogP contribution in [-0.2, 0) is 9.53 Å². The van der Waals surface area contributed by atoms with Gasteiger partial charge in [0.1, 0.15) is 0 Å². The van der Waals surface area contributed by atoms with Crippen molar-refractivity contribution < 1.29 is 9.53 Å². The predicted octanol–water partition coefficient (Wildman–Crippen LogP) is 2.15. The van der Waals surface area contributed by atoms with Gasteiger partial charge < -0.3 is 4.74 Å². The van der Waals surface area contributed by atoms with Gasteiger partial charge >= 0.3 is 5.97 Å². The second-order valence-electron chi connectivity index (χ2n) is 3.60. The van der Waals surface area contributed by atoms with Crippen molar-refractivity contribution in [2.24, 2.45) is 5.41 Å². The van der Waals surface area contributed by atoms with Gasteiger partial charge in [-0.2, -0.15) is 0 Å². The largest absolute Gasteiger partial charge is 0.466 e. The molecule has 0 amide bonds. The standard InChI is InChI=1S/C9H16O2/c1-7(9(2,3)4)6-8(10)11-5/h6H,1-5H3/b7-6+. The Labute approximate surface area is 68.2 Å². The Bertz CT molecular complexity index is 172. The third kappa shape index (κ3) is 3.81. The van der Waals surface area contributed by atoms with Crippen LogP contribution < -0.4 is 0 Å². The van der Waals surface area contributed by atoms with E-state index >= 15 is 0 Å². The Hall–Kier alpha value is -0.790. The van der Waals surface area contributed by atoms with Gasteiger partial charge in [-0.25, -0.2) is 4.79 Å². The van der Waals surface area contributed by atoms with E-state index in [2.05, 4.69) is 25.5 Å². The van der Waals surface area contributed by atoms with Crippen molar-refractivity contribution in [1.82, 2.24) is 0 Å². The highest BCUT2D eigenvalue weighted by molar-refractivity contribution is 5.82. The zero-order valence-corrected chi connectivity index (χ0v) is 7.89. The van der Waals surface area contributed by atoms with Gasteiger partial charge in [0.25, 0.3) is 0 Å². The number of hydrogen-bond acceptors (Lipinski definition) is 2. The second-order valence-corrected chi connectivity index (χ2v) is 3.60. The first-order chi connectivity index (χ1) is 4.88. The molecule has 0 rings (SSSR count). The number of rotatable bonds is 1. The molecule has 0 aromatic rings. The average molecular weight is 156 g/mol. The summed E-state index contributed by atoms with van der Waals surface area (Å²) in [5, 5.41) is 0. The minimum absolute atomic E-state index is 0.0498. The van der Waals surface area contributed by atoms with Gasteiger partial charge in [-0.05, 0) is 12.3 Å². The number of carbonyl (C=O) groups excluding carboxylic acids is 1. The third-order valence-corrected chi connectivity index (χ3v) is 1.72. The number of allylic oxidation sites excluding steroid dienone is 1. The molecule has 64 valence electrons. The van der Waals surface area contributed by atoms with Crippen LogP contribution in [-0.4, -0.2) is 13.1 Å². The predicted molar refractivity (Wildman–Crippen MR) is 45.2 cm³/mol. The van der Waals surface area contributed by atoms with Crippen molar-refractivity contribution in [1.29, 1.82) is 0 Å². The summed E-state index contributed by atoms with van der Waals surface area (Å²) in [6.07, 6.45) is 1.53. The molecule has 0 atom stereocenters. The fourth-order valence-corrected chi connectivity index (χ4v) is 0.452. The first-order valence-electron chi connectivity index (χ1n) is 3.64. The molecule has 0 unspecified atom stereocenters. The molecule has 0 radical (unpaired) electrons. The van der Waals surface area contributed by atoms with Gasteiger partial charge in [-0.1, -0.05) is 26.3 Å². The quantitative estimate of drug-likeness (QED) is 0.429. The molecule has 2 heteroatoms. The molecule has 2 nitrogen and oxygen atoms in total. The van der Waals surface area contributed by atoms with Gasteiger partial charge in [0, 0.05) is 6.08 Å². The number of carbonyl (C=O) groups is 1. The molecule has 0 aliphatic heterocycles. The van der Waals surface area contributed by atoms with Crippen molar-refractivity contribution in [2.75, 3.05) is 7.11 Å². The van der Waals surface area contributed by atoms with E-state index in [4.69, 9.17) is 0 Å². The molecule has 0 aromatic heterocycles. The molecule has 0 aliphatic rings. The average Bonchev–Trinajstić information content (AvgIpc) is 1.85. The summed E-state index contributed by atoms with van der Waals surface area (Å²) in [6, 6.07) is 0. The molecule has 0 saturated carbocycles. The molecule has 0 aromatic carbocycles. The number of hydrogen-bond donors (Lipinski definition) is 0. The van der Waals surface area contributed by atoms with Crippen LogP contribution in [0.25, 0.3) is 0 Å². The lowest BCUT2D eigenvalue weighted by Crippen LogP contribution is -2.09. The van der Waals surface area contributed by atoms with E-state index in [1.807, 2.05) is 6.92 Å². The van der Waals surface area contributed by atoms with Gasteiger partial charge in [0.05, 0.1) is 7.11 Å². The van der Waals surface area contributed by atoms with E-state index in [1.165, 1.54) is 13.2 Å². The Morgan fingerprint density at radius 1 is 1.36 bits per heavy atom. The van der Waals surface area contributed by atoms with E-state index in [1.54, 1.807) is 0 Å². The first kappa shape index (κ1) is 10.2. The minimum atomic E-state index is -0.280. The maximum absolute atomic E-state index is 10.8. The lowest BCUT2D eigenvalue weighted by atomic mass is 9.87. The van der Waals surface area contributed by atoms with Crippen LogP contribution in [0.15, 0.2) is 11.6 Å². The third-order valence-electron chi connectivity index (χ3n) is 1.72. The molecule has 0 saturated heterocycles. The van der Waals surface area contributed by atoms with Crippen LogP contribution in [0.5, 0.6) is 0 Å². The number of methoxy groups -OCH3 is 1. The van der Waals surface area contributed by atoms with Crippen LogP contribution in [0.3, 0.4) is 0 Å². The molecular formula is C9H16O2. The normalized spacial score (nSPS) is 13.0. The van der Waals surface area contributed by atoms with Crippen molar-refractivity contribution in [3.8, 4) is 0 Å². The molecular weight excluding hydrogens is 140 g/mol. The fraction of sp³-hybridized carbons (Fsp3) is 0.667. The summed E-state index contributed by atoms with van der Waals surface area (Å²) in [4.78, 5) is 10.8. The summed E-state index contributed by atoms with van der Waals surface area (Å²) in [5.41, 5.74) is 1.08. The van der Waals surface area contributed by atoms with Crippen LogP contribution in [0.2, 0.25) is 0 Å².